The van der Waals surface area contributed by atoms with E-state index in [1.165, 1.54) is 0 Å². The van der Waals surface area contributed by atoms with Gasteiger partial charge in [-0.15, -0.1) is 0 Å². The van der Waals surface area contributed by atoms with Gasteiger partial charge < -0.3 is 18.3 Å². The Kier molecular flexibility index (Phi) is 3.26. The lowest BCUT2D eigenvalue weighted by Crippen LogP contribution is -2.47. The number of rotatable bonds is 3. The van der Waals surface area contributed by atoms with Crippen LogP contribution in [0.4, 0.5) is 0 Å². The van der Waals surface area contributed by atoms with Crippen LogP contribution in [0.1, 0.15) is 10.4 Å². The third-order valence-corrected chi connectivity index (χ3v) is 3.87. The van der Waals surface area contributed by atoms with Gasteiger partial charge in [-0.3, -0.25) is 4.98 Å². The highest BCUT2D eigenvalue weighted by Gasteiger charge is 2.45. The Bertz CT molecular complexity index is 419. The van der Waals surface area contributed by atoms with Crippen molar-refractivity contribution in [2.45, 2.75) is 0 Å². The highest BCUT2D eigenvalue weighted by atomic mass is 31.2. The van der Waals surface area contributed by atoms with Gasteiger partial charge in [0, 0.05) is 12.4 Å². The molecule has 96 valence electrons. The summed E-state index contributed by atoms with van der Waals surface area (Å²) in [6.45, 7) is 1.78. The highest BCUT2D eigenvalue weighted by molar-refractivity contribution is 7.41. The van der Waals surface area contributed by atoms with Crippen molar-refractivity contribution in [1.82, 2.24) is 4.98 Å². The first-order chi connectivity index (χ1) is 8.77. The molecule has 3 fully saturated rings. The van der Waals surface area contributed by atoms with Crippen LogP contribution in [-0.4, -0.2) is 37.4 Å². The number of carbonyl (C=O) groups is 1. The summed E-state index contributed by atoms with van der Waals surface area (Å²) in [6.07, 6.45) is 3.11. The normalized spacial score (nSPS) is 30.1. The van der Waals surface area contributed by atoms with Crippen LogP contribution in [0.25, 0.3) is 0 Å². The molecule has 1 aromatic rings. The monoisotopic (exact) mass is 269 g/mol. The van der Waals surface area contributed by atoms with Crippen molar-refractivity contribution in [3.8, 4) is 0 Å². The molecule has 3 aliphatic heterocycles. The number of pyridine rings is 1. The molecule has 7 heteroatoms. The van der Waals surface area contributed by atoms with E-state index in [0.717, 1.165) is 0 Å². The third kappa shape index (κ3) is 2.37. The molecule has 2 bridgehead atoms. The minimum absolute atomic E-state index is 0.233. The summed E-state index contributed by atoms with van der Waals surface area (Å²) in [5, 5.41) is 0. The first-order valence-corrected chi connectivity index (χ1v) is 6.63. The second kappa shape index (κ2) is 4.90. The lowest BCUT2D eigenvalue weighted by atomic mass is 9.92. The lowest BCUT2D eigenvalue weighted by Gasteiger charge is -2.43. The van der Waals surface area contributed by atoms with Crippen molar-refractivity contribution in [2.75, 3.05) is 26.4 Å². The van der Waals surface area contributed by atoms with E-state index < -0.39 is 8.60 Å². The maximum Gasteiger partial charge on any atom is 0.338 e. The largest absolute Gasteiger partial charge is 0.461 e. The van der Waals surface area contributed by atoms with Gasteiger partial charge in [-0.1, -0.05) is 0 Å². The molecule has 4 rings (SSSR count). The molecular formula is C11H12NO5P. The molecule has 6 nitrogen and oxygen atoms in total. The number of fused-ring (bicyclic) bond motifs is 3. The second-order valence-corrected chi connectivity index (χ2v) is 5.58. The summed E-state index contributed by atoms with van der Waals surface area (Å²) in [5.74, 6) is -0.370. The van der Waals surface area contributed by atoms with Gasteiger partial charge in [0.1, 0.15) is 6.61 Å². The average molecular weight is 269 g/mol. The summed E-state index contributed by atoms with van der Waals surface area (Å²) in [5.41, 5.74) is 0.123. The Hall–Kier alpha value is -1.07. The maximum absolute atomic E-state index is 11.8. The predicted octanol–water partition coefficient (Wildman–Crippen LogP) is 1.53. The molecule has 3 aliphatic rings. The molecule has 0 saturated carbocycles. The molecule has 3 saturated heterocycles. The number of hydrogen-bond donors (Lipinski definition) is 0. The van der Waals surface area contributed by atoms with Crippen LogP contribution in [0, 0.1) is 5.41 Å². The second-order valence-electron chi connectivity index (χ2n) is 4.36. The number of carbonyl (C=O) groups excluding carboxylic acids is 1. The number of nitrogens with zero attached hydrogens (tertiary/aromatic N) is 1. The fraction of sp³-hybridized carbons (Fsp3) is 0.455. The van der Waals surface area contributed by atoms with Crippen LogP contribution in [0.15, 0.2) is 24.5 Å². The zero-order valence-corrected chi connectivity index (χ0v) is 10.5. The van der Waals surface area contributed by atoms with Crippen LogP contribution in [0.3, 0.4) is 0 Å². The molecule has 0 atom stereocenters. The van der Waals surface area contributed by atoms with Crippen LogP contribution >= 0.6 is 8.60 Å². The first-order valence-electron chi connectivity index (χ1n) is 5.54. The molecule has 0 aromatic carbocycles. The van der Waals surface area contributed by atoms with E-state index in [-0.39, 0.29) is 18.0 Å². The van der Waals surface area contributed by atoms with Crippen molar-refractivity contribution in [1.29, 1.82) is 0 Å². The molecule has 0 N–H and O–H groups in total. The predicted molar refractivity (Wildman–Crippen MR) is 61.7 cm³/mol. The Morgan fingerprint density at radius 2 is 1.89 bits per heavy atom. The number of esters is 1. The Balaban J connectivity index is 1.59. The highest BCUT2D eigenvalue weighted by Crippen LogP contribution is 2.53. The van der Waals surface area contributed by atoms with E-state index in [1.54, 1.807) is 24.5 Å². The standard InChI is InChI=1S/C11H12NO5P/c13-10(9-1-3-12-4-2-9)14-5-11-6-15-18(16-7-11)17-8-11/h1-4H,5-8H2. The van der Waals surface area contributed by atoms with Crippen LogP contribution in [-0.2, 0) is 18.3 Å². The average Bonchev–Trinajstić information content (AvgIpc) is 2.48. The smallest absolute Gasteiger partial charge is 0.338 e. The number of aromatic nitrogens is 1. The van der Waals surface area contributed by atoms with E-state index in [1.807, 2.05) is 0 Å². The van der Waals surface area contributed by atoms with Crippen molar-refractivity contribution in [2.24, 2.45) is 5.41 Å². The van der Waals surface area contributed by atoms with Gasteiger partial charge in [-0.25, -0.2) is 4.79 Å². The Morgan fingerprint density at radius 3 is 2.50 bits per heavy atom. The fourth-order valence-corrected chi connectivity index (χ4v) is 3.08. The Labute approximate surface area is 105 Å². The zero-order chi connectivity index (χ0) is 12.4. The summed E-state index contributed by atoms with van der Waals surface area (Å²) in [7, 11) is -1.15. The third-order valence-electron chi connectivity index (χ3n) is 2.85. The number of hydrogen-bond acceptors (Lipinski definition) is 6. The van der Waals surface area contributed by atoms with Crippen LogP contribution in [0.2, 0.25) is 0 Å². The molecule has 0 spiro atoms. The van der Waals surface area contributed by atoms with Gasteiger partial charge in [-0.05, 0) is 12.1 Å². The van der Waals surface area contributed by atoms with E-state index in [9.17, 15) is 4.79 Å². The van der Waals surface area contributed by atoms with Gasteiger partial charge >= 0.3 is 14.6 Å². The lowest BCUT2D eigenvalue weighted by molar-refractivity contribution is -0.0999. The molecule has 4 heterocycles. The minimum atomic E-state index is -1.15. The van der Waals surface area contributed by atoms with E-state index in [2.05, 4.69) is 4.98 Å². The topological polar surface area (TPSA) is 66.9 Å². The van der Waals surface area contributed by atoms with Gasteiger partial charge in [0.2, 0.25) is 0 Å². The number of ether oxygens (including phenoxy) is 1. The van der Waals surface area contributed by atoms with Crippen LogP contribution < -0.4 is 0 Å². The van der Waals surface area contributed by atoms with Crippen LogP contribution in [0.5, 0.6) is 0 Å². The zero-order valence-electron chi connectivity index (χ0n) is 9.57. The SMILES string of the molecule is O=C(OCC12COP(OC1)OC2)c1ccncc1. The summed E-state index contributed by atoms with van der Waals surface area (Å²) < 4.78 is 21.3. The molecule has 1 aromatic heterocycles. The molecule has 0 radical (unpaired) electrons. The molecule has 0 amide bonds. The summed E-state index contributed by atoms with van der Waals surface area (Å²) in [4.78, 5) is 15.6. The molecule has 18 heavy (non-hydrogen) atoms. The quantitative estimate of drug-likeness (QED) is 0.612. The van der Waals surface area contributed by atoms with Gasteiger partial charge in [0.15, 0.2) is 0 Å². The van der Waals surface area contributed by atoms with E-state index >= 15 is 0 Å². The Morgan fingerprint density at radius 1 is 1.28 bits per heavy atom. The fourth-order valence-electron chi connectivity index (χ4n) is 1.72. The summed E-state index contributed by atoms with van der Waals surface area (Å²) >= 11 is 0. The van der Waals surface area contributed by atoms with Gasteiger partial charge in [0.25, 0.3) is 0 Å². The molecular weight excluding hydrogens is 257 g/mol. The van der Waals surface area contributed by atoms with Crippen molar-refractivity contribution >= 4 is 14.6 Å². The van der Waals surface area contributed by atoms with Gasteiger partial charge in [0.05, 0.1) is 30.8 Å². The molecule has 0 aliphatic carbocycles. The maximum atomic E-state index is 11.8. The summed E-state index contributed by atoms with van der Waals surface area (Å²) in [6, 6.07) is 3.23. The molecule has 0 unspecified atom stereocenters. The first kappa shape index (κ1) is 12.0. The van der Waals surface area contributed by atoms with Crippen molar-refractivity contribution in [3.05, 3.63) is 30.1 Å². The van der Waals surface area contributed by atoms with E-state index in [0.29, 0.717) is 25.4 Å². The van der Waals surface area contributed by atoms with Crippen molar-refractivity contribution in [3.63, 3.8) is 0 Å². The minimum Gasteiger partial charge on any atom is -0.461 e. The van der Waals surface area contributed by atoms with Crippen molar-refractivity contribution < 1.29 is 23.1 Å². The van der Waals surface area contributed by atoms with Gasteiger partial charge in [-0.2, -0.15) is 0 Å². The van der Waals surface area contributed by atoms with E-state index in [4.69, 9.17) is 18.3 Å².